The van der Waals surface area contributed by atoms with E-state index in [4.69, 9.17) is 0 Å². The van der Waals surface area contributed by atoms with Gasteiger partial charge < -0.3 is 15.5 Å². The van der Waals surface area contributed by atoms with Gasteiger partial charge in [-0.25, -0.2) is 4.99 Å². The molecule has 1 saturated carbocycles. The van der Waals surface area contributed by atoms with Crippen LogP contribution in [0.15, 0.2) is 4.99 Å². The van der Waals surface area contributed by atoms with Crippen molar-refractivity contribution in [3.05, 3.63) is 0 Å². The number of nitrogens with one attached hydrogen (secondary N) is 2. The van der Waals surface area contributed by atoms with E-state index in [1.165, 1.54) is 25.7 Å². The van der Waals surface area contributed by atoms with Crippen LogP contribution in [0.25, 0.3) is 0 Å². The molecule has 1 fully saturated rings. The standard InChI is InChI=1S/C16H32N4O/c1-6-13(3)19-15(17-11-14(21)20(4)5)18-12-16(7-2)9-8-10-16/h13H,6-12H2,1-5H3,(H2,17,18,19). The van der Waals surface area contributed by atoms with Crippen LogP contribution >= 0.6 is 0 Å². The number of hydrogen-bond donors (Lipinski definition) is 2. The third-order valence-corrected chi connectivity index (χ3v) is 4.66. The molecule has 0 radical (unpaired) electrons. The van der Waals surface area contributed by atoms with E-state index in [0.717, 1.165) is 18.9 Å². The van der Waals surface area contributed by atoms with Crippen molar-refractivity contribution in [1.29, 1.82) is 0 Å². The third-order valence-electron chi connectivity index (χ3n) is 4.66. The summed E-state index contributed by atoms with van der Waals surface area (Å²) in [5.41, 5.74) is 0.434. The van der Waals surface area contributed by atoms with Gasteiger partial charge in [-0.1, -0.05) is 20.3 Å². The number of aliphatic imine (C=N–C) groups is 1. The van der Waals surface area contributed by atoms with Gasteiger partial charge in [0.05, 0.1) is 0 Å². The molecule has 1 aliphatic carbocycles. The van der Waals surface area contributed by atoms with Gasteiger partial charge in [0.25, 0.3) is 0 Å². The fraction of sp³-hybridized carbons (Fsp3) is 0.875. The Balaban J connectivity index is 2.59. The zero-order valence-electron chi connectivity index (χ0n) is 14.3. The van der Waals surface area contributed by atoms with Crippen LogP contribution in [-0.4, -0.2) is 50.0 Å². The molecule has 0 heterocycles. The Hall–Kier alpha value is -1.26. The first-order valence-electron chi connectivity index (χ1n) is 8.17. The highest BCUT2D eigenvalue weighted by Gasteiger charge is 2.34. The van der Waals surface area contributed by atoms with Crippen molar-refractivity contribution >= 4 is 11.9 Å². The summed E-state index contributed by atoms with van der Waals surface area (Å²) in [7, 11) is 3.51. The fourth-order valence-corrected chi connectivity index (χ4v) is 2.38. The van der Waals surface area contributed by atoms with Gasteiger partial charge in [-0.15, -0.1) is 0 Å². The Morgan fingerprint density at radius 3 is 2.43 bits per heavy atom. The summed E-state index contributed by atoms with van der Waals surface area (Å²) in [6.45, 7) is 7.67. The molecule has 0 aliphatic heterocycles. The van der Waals surface area contributed by atoms with E-state index in [0.29, 0.717) is 11.5 Å². The summed E-state index contributed by atoms with van der Waals surface area (Å²) in [4.78, 5) is 17.7. The SMILES string of the molecule is CCC(C)NC(=NCC(=O)N(C)C)NCC1(CC)CCC1. The number of guanidine groups is 1. The maximum atomic E-state index is 11.7. The second-order valence-electron chi connectivity index (χ2n) is 6.47. The molecule has 0 bridgehead atoms. The van der Waals surface area contributed by atoms with Crippen LogP contribution in [0.5, 0.6) is 0 Å². The van der Waals surface area contributed by atoms with Crippen LogP contribution in [0.1, 0.15) is 52.9 Å². The highest BCUT2D eigenvalue weighted by molar-refractivity contribution is 5.84. The summed E-state index contributed by atoms with van der Waals surface area (Å²) in [5, 5.41) is 6.82. The lowest BCUT2D eigenvalue weighted by molar-refractivity contribution is -0.127. The minimum absolute atomic E-state index is 0.0223. The number of amides is 1. The quantitative estimate of drug-likeness (QED) is 0.558. The first kappa shape index (κ1) is 17.8. The van der Waals surface area contributed by atoms with E-state index in [1.54, 1.807) is 19.0 Å². The molecule has 1 aliphatic rings. The lowest BCUT2D eigenvalue weighted by Crippen LogP contribution is -2.48. The maximum Gasteiger partial charge on any atom is 0.243 e. The number of rotatable bonds is 7. The highest BCUT2D eigenvalue weighted by atomic mass is 16.2. The van der Waals surface area contributed by atoms with Crippen molar-refractivity contribution in [3.8, 4) is 0 Å². The molecule has 5 heteroatoms. The summed E-state index contributed by atoms with van der Waals surface area (Å²) in [6, 6.07) is 0.352. The largest absolute Gasteiger partial charge is 0.356 e. The minimum atomic E-state index is 0.0223. The third kappa shape index (κ3) is 5.56. The second kappa shape index (κ2) is 8.25. The highest BCUT2D eigenvalue weighted by Crippen LogP contribution is 2.42. The molecule has 1 unspecified atom stereocenters. The molecule has 0 saturated heterocycles. The van der Waals surface area contributed by atoms with E-state index in [1.807, 2.05) is 0 Å². The smallest absolute Gasteiger partial charge is 0.243 e. The topological polar surface area (TPSA) is 56.7 Å². The van der Waals surface area contributed by atoms with Crippen molar-refractivity contribution in [2.24, 2.45) is 10.4 Å². The lowest BCUT2D eigenvalue weighted by atomic mass is 9.67. The molecule has 21 heavy (non-hydrogen) atoms. The van der Waals surface area contributed by atoms with Crippen LogP contribution in [-0.2, 0) is 4.79 Å². The van der Waals surface area contributed by atoms with Gasteiger partial charge in [0.2, 0.25) is 5.91 Å². The predicted molar refractivity (Wildman–Crippen MR) is 88.5 cm³/mol. The maximum absolute atomic E-state index is 11.7. The molecule has 0 aromatic rings. The van der Waals surface area contributed by atoms with Gasteiger partial charge in [0.1, 0.15) is 6.54 Å². The molecule has 1 rings (SSSR count). The van der Waals surface area contributed by atoms with Crippen LogP contribution in [0.4, 0.5) is 0 Å². The van der Waals surface area contributed by atoms with Gasteiger partial charge >= 0.3 is 0 Å². The molecular formula is C16H32N4O. The Bertz CT molecular complexity index is 356. The fourth-order valence-electron chi connectivity index (χ4n) is 2.38. The first-order valence-corrected chi connectivity index (χ1v) is 8.17. The Kier molecular flexibility index (Phi) is 6.99. The Morgan fingerprint density at radius 1 is 1.33 bits per heavy atom. The Morgan fingerprint density at radius 2 is 2.00 bits per heavy atom. The number of hydrogen-bond acceptors (Lipinski definition) is 2. The summed E-state index contributed by atoms with van der Waals surface area (Å²) in [6.07, 6.45) is 6.15. The average molecular weight is 296 g/mol. The average Bonchev–Trinajstić information content (AvgIpc) is 2.42. The predicted octanol–water partition coefficient (Wildman–Crippen LogP) is 1.99. The van der Waals surface area contributed by atoms with Gasteiger partial charge in [0, 0.05) is 26.7 Å². The molecule has 2 N–H and O–H groups in total. The van der Waals surface area contributed by atoms with E-state index < -0.39 is 0 Å². The number of nitrogens with zero attached hydrogens (tertiary/aromatic N) is 2. The van der Waals surface area contributed by atoms with E-state index in [2.05, 4.69) is 36.4 Å². The van der Waals surface area contributed by atoms with Crippen LogP contribution < -0.4 is 10.6 Å². The molecule has 122 valence electrons. The van der Waals surface area contributed by atoms with Crippen molar-refractivity contribution in [1.82, 2.24) is 15.5 Å². The molecule has 5 nitrogen and oxygen atoms in total. The summed E-state index contributed by atoms with van der Waals surface area (Å²) in [5.74, 6) is 0.786. The van der Waals surface area contributed by atoms with Crippen LogP contribution in [0.2, 0.25) is 0 Å². The summed E-state index contributed by atoms with van der Waals surface area (Å²) < 4.78 is 0. The number of carbonyl (C=O) groups is 1. The van der Waals surface area contributed by atoms with Gasteiger partial charge in [0.15, 0.2) is 5.96 Å². The van der Waals surface area contributed by atoms with Gasteiger partial charge in [-0.05, 0) is 38.0 Å². The van der Waals surface area contributed by atoms with Crippen LogP contribution in [0, 0.1) is 5.41 Å². The van der Waals surface area contributed by atoms with Crippen molar-refractivity contribution in [2.45, 2.75) is 58.9 Å². The van der Waals surface area contributed by atoms with E-state index in [9.17, 15) is 4.79 Å². The zero-order valence-corrected chi connectivity index (χ0v) is 14.3. The molecule has 1 amide bonds. The normalized spacial score (nSPS) is 18.6. The van der Waals surface area contributed by atoms with E-state index in [-0.39, 0.29) is 12.5 Å². The molecule has 1 atom stereocenters. The van der Waals surface area contributed by atoms with Gasteiger partial charge in [-0.2, -0.15) is 0 Å². The van der Waals surface area contributed by atoms with Crippen LogP contribution in [0.3, 0.4) is 0 Å². The second-order valence-corrected chi connectivity index (χ2v) is 6.47. The lowest BCUT2D eigenvalue weighted by Gasteiger charge is -2.41. The molecule has 0 aromatic carbocycles. The first-order chi connectivity index (χ1) is 9.92. The number of carbonyl (C=O) groups excluding carboxylic acids is 1. The Labute approximate surface area is 129 Å². The molecular weight excluding hydrogens is 264 g/mol. The molecule has 0 aromatic heterocycles. The van der Waals surface area contributed by atoms with E-state index >= 15 is 0 Å². The van der Waals surface area contributed by atoms with Crippen molar-refractivity contribution in [3.63, 3.8) is 0 Å². The van der Waals surface area contributed by atoms with Crippen molar-refractivity contribution < 1.29 is 4.79 Å². The zero-order chi connectivity index (χ0) is 15.9. The molecule has 0 spiro atoms. The summed E-state index contributed by atoms with van der Waals surface area (Å²) >= 11 is 0. The monoisotopic (exact) mass is 296 g/mol. The number of likely N-dealkylation sites (N-methyl/N-ethyl adjacent to an activating group) is 1. The minimum Gasteiger partial charge on any atom is -0.356 e. The van der Waals surface area contributed by atoms with Crippen molar-refractivity contribution in [2.75, 3.05) is 27.2 Å². The van der Waals surface area contributed by atoms with Gasteiger partial charge in [-0.3, -0.25) is 4.79 Å².